The van der Waals surface area contributed by atoms with Gasteiger partial charge in [0.05, 0.1) is 6.61 Å². The number of hydrogen-bond donors (Lipinski definition) is 0. The minimum Gasteiger partial charge on any atom is -0.494 e. The van der Waals surface area contributed by atoms with Crippen molar-refractivity contribution in [1.82, 2.24) is 0 Å². The van der Waals surface area contributed by atoms with Gasteiger partial charge in [0.1, 0.15) is 5.75 Å². The zero-order chi connectivity index (χ0) is 14.3. The molecule has 0 aliphatic rings. The average molecular weight is 368 g/mol. The molecule has 0 unspecified atom stereocenters. The minimum atomic E-state index is -0.0245. The molecule has 0 atom stereocenters. The van der Waals surface area contributed by atoms with Gasteiger partial charge >= 0.3 is 0 Å². The molecule has 0 N–H and O–H groups in total. The van der Waals surface area contributed by atoms with Crippen molar-refractivity contribution in [2.24, 2.45) is 11.3 Å². The fourth-order valence-electron chi connectivity index (χ4n) is 2.19. The number of rotatable bonds is 8. The first-order chi connectivity index (χ1) is 9.01. The van der Waals surface area contributed by atoms with Crippen LogP contribution in [0.2, 0.25) is 0 Å². The van der Waals surface area contributed by atoms with Gasteiger partial charge in [-0.1, -0.05) is 35.8 Å². The van der Waals surface area contributed by atoms with Crippen molar-refractivity contribution in [2.45, 2.75) is 26.7 Å². The van der Waals surface area contributed by atoms with E-state index in [1.165, 1.54) is 0 Å². The molecule has 1 rings (SSSR count). The van der Waals surface area contributed by atoms with Crippen LogP contribution >= 0.6 is 39.1 Å². The van der Waals surface area contributed by atoms with E-state index in [-0.39, 0.29) is 5.41 Å². The first-order valence-electron chi connectivity index (χ1n) is 6.51. The van der Waals surface area contributed by atoms with E-state index >= 15 is 0 Å². The normalized spacial score (nSPS) is 11.9. The highest BCUT2D eigenvalue weighted by atomic mass is 79.9. The molecular weight excluding hydrogens is 347 g/mol. The highest BCUT2D eigenvalue weighted by molar-refractivity contribution is 9.10. The van der Waals surface area contributed by atoms with Crippen molar-refractivity contribution < 1.29 is 4.74 Å². The van der Waals surface area contributed by atoms with Gasteiger partial charge in [-0.3, -0.25) is 0 Å². The highest BCUT2D eigenvalue weighted by Gasteiger charge is 2.29. The summed E-state index contributed by atoms with van der Waals surface area (Å²) in [4.78, 5) is 0. The van der Waals surface area contributed by atoms with E-state index in [0.29, 0.717) is 24.3 Å². The van der Waals surface area contributed by atoms with Crippen LogP contribution in [0.3, 0.4) is 0 Å². The average Bonchev–Trinajstić information content (AvgIpc) is 2.37. The lowest BCUT2D eigenvalue weighted by Crippen LogP contribution is -2.29. The highest BCUT2D eigenvalue weighted by Crippen LogP contribution is 2.33. The topological polar surface area (TPSA) is 9.23 Å². The largest absolute Gasteiger partial charge is 0.494 e. The van der Waals surface area contributed by atoms with E-state index in [0.717, 1.165) is 23.1 Å². The summed E-state index contributed by atoms with van der Waals surface area (Å²) in [6.07, 6.45) is 1.91. The van der Waals surface area contributed by atoms with Crippen LogP contribution in [-0.4, -0.2) is 18.4 Å². The Balaban J connectivity index is 2.52. The lowest BCUT2D eigenvalue weighted by Gasteiger charge is -2.31. The monoisotopic (exact) mass is 366 g/mol. The van der Waals surface area contributed by atoms with Crippen LogP contribution in [0.1, 0.15) is 26.7 Å². The van der Waals surface area contributed by atoms with Crippen LogP contribution < -0.4 is 4.74 Å². The van der Waals surface area contributed by atoms with E-state index < -0.39 is 0 Å². The zero-order valence-electron chi connectivity index (χ0n) is 11.5. The Bertz CT molecular complexity index is 378. The molecule has 0 fully saturated rings. The molecule has 0 aromatic heterocycles. The predicted molar refractivity (Wildman–Crippen MR) is 87.6 cm³/mol. The molecule has 19 heavy (non-hydrogen) atoms. The van der Waals surface area contributed by atoms with E-state index in [9.17, 15) is 0 Å². The molecule has 0 amide bonds. The Morgan fingerprint density at radius 2 is 1.95 bits per heavy atom. The molecule has 0 saturated heterocycles. The SMILES string of the molecule is CC(C)CC(CCl)(CCl)CCOc1cccc(Br)c1. The summed E-state index contributed by atoms with van der Waals surface area (Å²) in [6.45, 7) is 5.04. The first-order valence-corrected chi connectivity index (χ1v) is 8.38. The van der Waals surface area contributed by atoms with Gasteiger partial charge in [0, 0.05) is 21.6 Å². The van der Waals surface area contributed by atoms with Gasteiger partial charge < -0.3 is 4.74 Å². The fourth-order valence-corrected chi connectivity index (χ4v) is 3.34. The molecule has 0 heterocycles. The maximum atomic E-state index is 6.13. The van der Waals surface area contributed by atoms with Crippen molar-refractivity contribution in [2.75, 3.05) is 18.4 Å². The van der Waals surface area contributed by atoms with E-state index in [1.54, 1.807) is 0 Å². The fraction of sp³-hybridized carbons (Fsp3) is 0.600. The summed E-state index contributed by atoms with van der Waals surface area (Å²) in [5.74, 6) is 2.62. The molecule has 4 heteroatoms. The number of alkyl halides is 2. The second-order valence-corrected chi connectivity index (χ2v) is 6.87. The quantitative estimate of drug-likeness (QED) is 0.533. The molecule has 1 aromatic carbocycles. The Labute approximate surface area is 134 Å². The number of hydrogen-bond acceptors (Lipinski definition) is 1. The van der Waals surface area contributed by atoms with Crippen LogP contribution in [0, 0.1) is 11.3 Å². The summed E-state index contributed by atoms with van der Waals surface area (Å²) < 4.78 is 6.80. The number of halogens is 3. The first kappa shape index (κ1) is 17.1. The van der Waals surface area contributed by atoms with Crippen molar-refractivity contribution in [3.05, 3.63) is 28.7 Å². The second kappa shape index (κ2) is 8.39. The van der Waals surface area contributed by atoms with Gasteiger partial charge in [0.25, 0.3) is 0 Å². The van der Waals surface area contributed by atoms with Gasteiger partial charge in [0.2, 0.25) is 0 Å². The minimum absolute atomic E-state index is 0.0245. The van der Waals surface area contributed by atoms with Crippen LogP contribution in [0.15, 0.2) is 28.7 Å². The second-order valence-electron chi connectivity index (χ2n) is 5.42. The van der Waals surface area contributed by atoms with Crippen LogP contribution in [0.25, 0.3) is 0 Å². The van der Waals surface area contributed by atoms with Crippen molar-refractivity contribution in [3.8, 4) is 5.75 Å². The van der Waals surface area contributed by atoms with Gasteiger partial charge in [-0.25, -0.2) is 0 Å². The molecule has 0 aliphatic carbocycles. The molecule has 0 aliphatic heterocycles. The molecule has 108 valence electrons. The van der Waals surface area contributed by atoms with Gasteiger partial charge in [0.15, 0.2) is 0 Å². The summed E-state index contributed by atoms with van der Waals surface area (Å²) >= 11 is 15.7. The van der Waals surface area contributed by atoms with Crippen LogP contribution in [-0.2, 0) is 0 Å². The molecule has 0 radical (unpaired) electrons. The predicted octanol–water partition coefficient (Wildman–Crippen LogP) is 5.73. The summed E-state index contributed by atoms with van der Waals surface area (Å²) in [6, 6.07) is 7.86. The smallest absolute Gasteiger partial charge is 0.120 e. The van der Waals surface area contributed by atoms with Crippen LogP contribution in [0.5, 0.6) is 5.75 Å². The maximum Gasteiger partial charge on any atom is 0.120 e. The number of benzene rings is 1. The van der Waals surface area contributed by atoms with Gasteiger partial charge in [-0.15, -0.1) is 23.2 Å². The Hall–Kier alpha value is 0.0800. The lowest BCUT2D eigenvalue weighted by molar-refractivity contribution is 0.205. The van der Waals surface area contributed by atoms with E-state index in [4.69, 9.17) is 27.9 Å². The van der Waals surface area contributed by atoms with E-state index in [1.807, 2.05) is 24.3 Å². The lowest BCUT2D eigenvalue weighted by atomic mass is 9.81. The third-order valence-electron chi connectivity index (χ3n) is 3.11. The Kier molecular flexibility index (Phi) is 7.56. The molecule has 1 nitrogen and oxygen atoms in total. The standard InChI is InChI=1S/C15H21BrCl2O/c1-12(2)9-15(10-17,11-18)6-7-19-14-5-3-4-13(16)8-14/h3-5,8,12H,6-7,9-11H2,1-2H3. The van der Waals surface area contributed by atoms with Crippen molar-refractivity contribution in [1.29, 1.82) is 0 Å². The maximum absolute atomic E-state index is 6.13. The molecule has 0 bridgehead atoms. The van der Waals surface area contributed by atoms with E-state index in [2.05, 4.69) is 29.8 Å². The summed E-state index contributed by atoms with van der Waals surface area (Å²) in [7, 11) is 0. The summed E-state index contributed by atoms with van der Waals surface area (Å²) in [5.41, 5.74) is -0.0245. The summed E-state index contributed by atoms with van der Waals surface area (Å²) in [5, 5.41) is 0. The third-order valence-corrected chi connectivity index (χ3v) is 4.73. The molecule has 0 spiro atoms. The Morgan fingerprint density at radius 1 is 1.26 bits per heavy atom. The molecule has 1 aromatic rings. The van der Waals surface area contributed by atoms with Crippen LogP contribution in [0.4, 0.5) is 0 Å². The molecular formula is C15H21BrCl2O. The zero-order valence-corrected chi connectivity index (χ0v) is 14.6. The number of ether oxygens (including phenoxy) is 1. The molecule has 0 saturated carbocycles. The third kappa shape index (κ3) is 5.93. The van der Waals surface area contributed by atoms with Gasteiger partial charge in [-0.05, 0) is 37.0 Å². The van der Waals surface area contributed by atoms with Crippen molar-refractivity contribution in [3.63, 3.8) is 0 Å². The van der Waals surface area contributed by atoms with Gasteiger partial charge in [-0.2, -0.15) is 0 Å². The Morgan fingerprint density at radius 3 is 2.47 bits per heavy atom. The van der Waals surface area contributed by atoms with Crippen molar-refractivity contribution >= 4 is 39.1 Å².